The number of hydrogen-bond donors (Lipinski definition) is 0. The summed E-state index contributed by atoms with van der Waals surface area (Å²) in [6.45, 7) is 1.47. The molecule has 0 aliphatic rings. The number of fused-ring (bicyclic) bond motifs is 1. The number of carbonyl (C=O) groups is 2. The molecule has 0 unspecified atom stereocenters. The first-order chi connectivity index (χ1) is 9.97. The fourth-order valence-corrected chi connectivity index (χ4v) is 3.48. The zero-order valence-electron chi connectivity index (χ0n) is 12.0. The van der Waals surface area contributed by atoms with Crippen molar-refractivity contribution in [3.8, 4) is 11.5 Å². The third-order valence-corrected chi connectivity index (χ3v) is 4.79. The Morgan fingerprint density at radius 2 is 1.76 bits per heavy atom. The highest BCUT2D eigenvalue weighted by atomic mass is 35.5. The number of halogens is 1. The first-order valence-electron chi connectivity index (χ1n) is 6.34. The molecular weight excluding hydrogens is 312 g/mol. The molecule has 0 atom stereocenters. The van der Waals surface area contributed by atoms with Gasteiger partial charge in [0.15, 0.2) is 17.3 Å². The lowest BCUT2D eigenvalue weighted by molar-refractivity contribution is -0.116. The molecule has 0 N–H and O–H groups in total. The summed E-state index contributed by atoms with van der Waals surface area (Å²) in [6, 6.07) is 3.56. The topological polar surface area (TPSA) is 52.6 Å². The standard InChI is InChI=1S/C15H15ClO4S/c1-8(17)4-5-10(18)15-14(16)9-6-11(19-2)12(20-3)7-13(9)21-15/h6-7H,4-5H2,1-3H3. The highest BCUT2D eigenvalue weighted by Gasteiger charge is 2.19. The van der Waals surface area contributed by atoms with Gasteiger partial charge in [-0.1, -0.05) is 11.6 Å². The van der Waals surface area contributed by atoms with Crippen LogP contribution in [0.15, 0.2) is 12.1 Å². The molecule has 0 aliphatic carbocycles. The molecule has 1 aromatic heterocycles. The predicted molar refractivity (Wildman–Crippen MR) is 84.2 cm³/mol. The Bertz CT molecular complexity index is 705. The van der Waals surface area contributed by atoms with Crippen LogP contribution in [0.4, 0.5) is 0 Å². The van der Waals surface area contributed by atoms with Gasteiger partial charge in [0.2, 0.25) is 0 Å². The average Bonchev–Trinajstić information content (AvgIpc) is 2.79. The number of benzene rings is 1. The van der Waals surface area contributed by atoms with Gasteiger partial charge >= 0.3 is 0 Å². The van der Waals surface area contributed by atoms with E-state index in [0.717, 1.165) is 10.1 Å². The summed E-state index contributed by atoms with van der Waals surface area (Å²) < 4.78 is 11.3. The number of ketones is 2. The van der Waals surface area contributed by atoms with E-state index in [2.05, 4.69) is 0 Å². The van der Waals surface area contributed by atoms with Gasteiger partial charge in [0.1, 0.15) is 5.78 Å². The number of rotatable bonds is 6. The van der Waals surface area contributed by atoms with Gasteiger partial charge < -0.3 is 14.3 Å². The van der Waals surface area contributed by atoms with Crippen molar-refractivity contribution < 1.29 is 19.1 Å². The fraction of sp³-hybridized carbons (Fsp3) is 0.333. The number of ether oxygens (including phenoxy) is 2. The van der Waals surface area contributed by atoms with E-state index in [9.17, 15) is 9.59 Å². The number of carbonyl (C=O) groups excluding carboxylic acids is 2. The zero-order valence-corrected chi connectivity index (χ0v) is 13.6. The van der Waals surface area contributed by atoms with Crippen molar-refractivity contribution in [2.24, 2.45) is 0 Å². The number of Topliss-reactive ketones (excluding diaryl/α,β-unsaturated/α-hetero) is 2. The molecule has 1 aromatic carbocycles. The third-order valence-electron chi connectivity index (χ3n) is 3.09. The Balaban J connectivity index is 2.45. The molecule has 0 spiro atoms. The van der Waals surface area contributed by atoms with Crippen LogP contribution in [0.25, 0.3) is 10.1 Å². The first kappa shape index (κ1) is 15.8. The Morgan fingerprint density at radius 1 is 1.14 bits per heavy atom. The number of methoxy groups -OCH3 is 2. The quantitative estimate of drug-likeness (QED) is 0.749. The summed E-state index contributed by atoms with van der Waals surface area (Å²) in [5.74, 6) is 1.02. The Labute approximate surface area is 131 Å². The predicted octanol–water partition coefficient (Wildman–Crippen LogP) is 4.12. The molecule has 0 saturated heterocycles. The monoisotopic (exact) mass is 326 g/mol. The van der Waals surface area contributed by atoms with E-state index >= 15 is 0 Å². The molecule has 6 heteroatoms. The average molecular weight is 327 g/mol. The van der Waals surface area contributed by atoms with Crippen LogP contribution < -0.4 is 9.47 Å². The van der Waals surface area contributed by atoms with E-state index in [1.807, 2.05) is 0 Å². The molecule has 0 saturated carbocycles. The Hall–Kier alpha value is -1.59. The van der Waals surface area contributed by atoms with Crippen LogP contribution in [0, 0.1) is 0 Å². The van der Waals surface area contributed by atoms with Crippen molar-refractivity contribution in [1.82, 2.24) is 0 Å². The molecule has 2 rings (SSSR count). The minimum Gasteiger partial charge on any atom is -0.493 e. The molecule has 4 nitrogen and oxygen atoms in total. The van der Waals surface area contributed by atoms with E-state index in [0.29, 0.717) is 21.4 Å². The molecule has 2 aromatic rings. The van der Waals surface area contributed by atoms with Crippen LogP contribution in [0.3, 0.4) is 0 Å². The summed E-state index contributed by atoms with van der Waals surface area (Å²) in [4.78, 5) is 23.6. The van der Waals surface area contributed by atoms with Crippen molar-refractivity contribution in [3.63, 3.8) is 0 Å². The lowest BCUT2D eigenvalue weighted by Gasteiger charge is -2.06. The van der Waals surface area contributed by atoms with Crippen molar-refractivity contribution >= 4 is 44.6 Å². The van der Waals surface area contributed by atoms with Gasteiger partial charge in [0.25, 0.3) is 0 Å². The van der Waals surface area contributed by atoms with Gasteiger partial charge in [-0.25, -0.2) is 0 Å². The lowest BCUT2D eigenvalue weighted by Crippen LogP contribution is -2.00. The minimum absolute atomic E-state index is 0.0103. The van der Waals surface area contributed by atoms with Crippen LogP contribution in [0.2, 0.25) is 5.02 Å². The van der Waals surface area contributed by atoms with E-state index < -0.39 is 0 Å². The van der Waals surface area contributed by atoms with Crippen molar-refractivity contribution in [3.05, 3.63) is 22.0 Å². The second-order valence-electron chi connectivity index (χ2n) is 4.57. The zero-order chi connectivity index (χ0) is 15.6. The molecule has 112 valence electrons. The lowest BCUT2D eigenvalue weighted by atomic mass is 10.1. The summed E-state index contributed by atoms with van der Waals surface area (Å²) in [5.41, 5.74) is 0. The smallest absolute Gasteiger partial charge is 0.174 e. The van der Waals surface area contributed by atoms with Crippen molar-refractivity contribution in [2.45, 2.75) is 19.8 Å². The minimum atomic E-state index is -0.116. The van der Waals surface area contributed by atoms with E-state index in [-0.39, 0.29) is 24.4 Å². The second kappa shape index (κ2) is 6.45. The summed E-state index contributed by atoms with van der Waals surface area (Å²) in [5, 5.41) is 1.16. The molecule has 0 amide bonds. The third kappa shape index (κ3) is 3.19. The van der Waals surface area contributed by atoms with Crippen molar-refractivity contribution in [1.29, 1.82) is 0 Å². The normalized spacial score (nSPS) is 10.7. The van der Waals surface area contributed by atoms with Gasteiger partial charge in [-0.15, -0.1) is 11.3 Å². The maximum absolute atomic E-state index is 12.2. The molecule has 0 bridgehead atoms. The highest BCUT2D eigenvalue weighted by molar-refractivity contribution is 7.21. The van der Waals surface area contributed by atoms with Crippen molar-refractivity contribution in [2.75, 3.05) is 14.2 Å². The number of thiophene rings is 1. The van der Waals surface area contributed by atoms with Gasteiger partial charge in [0, 0.05) is 29.0 Å². The van der Waals surface area contributed by atoms with Gasteiger partial charge in [0.05, 0.1) is 24.1 Å². The van der Waals surface area contributed by atoms with Gasteiger partial charge in [-0.05, 0) is 13.0 Å². The molecular formula is C15H15ClO4S. The largest absolute Gasteiger partial charge is 0.493 e. The van der Waals surface area contributed by atoms with E-state index in [1.54, 1.807) is 26.4 Å². The number of hydrogen-bond acceptors (Lipinski definition) is 5. The SMILES string of the molecule is COc1cc2sc(C(=O)CCC(C)=O)c(Cl)c2cc1OC. The highest BCUT2D eigenvalue weighted by Crippen LogP contribution is 2.42. The maximum Gasteiger partial charge on any atom is 0.174 e. The Kier molecular flexibility index (Phi) is 4.85. The molecule has 0 aliphatic heterocycles. The van der Waals surface area contributed by atoms with E-state index in [1.165, 1.54) is 18.3 Å². The summed E-state index contributed by atoms with van der Waals surface area (Å²) >= 11 is 7.60. The molecule has 1 heterocycles. The van der Waals surface area contributed by atoms with Crippen LogP contribution in [0.1, 0.15) is 29.4 Å². The van der Waals surface area contributed by atoms with Crippen LogP contribution in [-0.4, -0.2) is 25.8 Å². The maximum atomic E-state index is 12.2. The Morgan fingerprint density at radius 3 is 2.33 bits per heavy atom. The molecule has 0 fully saturated rings. The van der Waals surface area contributed by atoms with Crippen LogP contribution >= 0.6 is 22.9 Å². The summed E-state index contributed by atoms with van der Waals surface area (Å²) in [6.07, 6.45) is 0.409. The first-order valence-corrected chi connectivity index (χ1v) is 7.54. The van der Waals surface area contributed by atoms with Gasteiger partial charge in [-0.3, -0.25) is 4.79 Å². The van der Waals surface area contributed by atoms with Crippen LogP contribution in [-0.2, 0) is 4.79 Å². The molecule has 21 heavy (non-hydrogen) atoms. The van der Waals surface area contributed by atoms with E-state index in [4.69, 9.17) is 21.1 Å². The van der Waals surface area contributed by atoms with Gasteiger partial charge in [-0.2, -0.15) is 0 Å². The molecule has 0 radical (unpaired) electrons. The van der Waals surface area contributed by atoms with Crippen LogP contribution in [0.5, 0.6) is 11.5 Å². The second-order valence-corrected chi connectivity index (χ2v) is 6.00. The fourth-order valence-electron chi connectivity index (χ4n) is 1.98. The summed E-state index contributed by atoms with van der Waals surface area (Å²) in [7, 11) is 3.10.